The average Bonchev–Trinajstić information content (AvgIpc) is 2.41. The van der Waals surface area contributed by atoms with Crippen molar-refractivity contribution in [3.8, 4) is 0 Å². The summed E-state index contributed by atoms with van der Waals surface area (Å²) in [4.78, 5) is 12.2. The number of carbonyl (C=O) groups excluding carboxylic acids is 1. The standard InChI is InChI=1S/C17H24FNO/c1-3-4-13-5-8-15(9-6-13)19-17(20)16-10-7-14(18)11-12(16)2/h7,10-11,13,15H,3-6,8-9H2,1-2H3,(H,19,20). The number of nitrogens with one attached hydrogen (secondary N) is 1. The van der Waals surface area contributed by atoms with Gasteiger partial charge in [-0.3, -0.25) is 4.79 Å². The Morgan fingerprint density at radius 2 is 2.00 bits per heavy atom. The van der Waals surface area contributed by atoms with Gasteiger partial charge in [-0.1, -0.05) is 19.8 Å². The van der Waals surface area contributed by atoms with E-state index in [2.05, 4.69) is 12.2 Å². The lowest BCUT2D eigenvalue weighted by Gasteiger charge is -2.29. The summed E-state index contributed by atoms with van der Waals surface area (Å²) in [5.74, 6) is 0.473. The van der Waals surface area contributed by atoms with Crippen molar-refractivity contribution in [3.63, 3.8) is 0 Å². The highest BCUT2D eigenvalue weighted by Gasteiger charge is 2.22. The molecule has 3 heteroatoms. The van der Waals surface area contributed by atoms with E-state index in [-0.39, 0.29) is 17.8 Å². The molecule has 1 N–H and O–H groups in total. The van der Waals surface area contributed by atoms with Gasteiger partial charge in [0.15, 0.2) is 0 Å². The quantitative estimate of drug-likeness (QED) is 0.877. The predicted octanol–water partition coefficient (Wildman–Crippen LogP) is 4.22. The van der Waals surface area contributed by atoms with Gasteiger partial charge in [0.2, 0.25) is 0 Å². The Morgan fingerprint density at radius 1 is 1.30 bits per heavy atom. The average molecular weight is 277 g/mol. The summed E-state index contributed by atoms with van der Waals surface area (Å²) in [5, 5.41) is 3.10. The van der Waals surface area contributed by atoms with E-state index < -0.39 is 0 Å². The molecule has 0 bridgehead atoms. The first kappa shape index (κ1) is 15.0. The summed E-state index contributed by atoms with van der Waals surface area (Å²) in [6.45, 7) is 4.00. The van der Waals surface area contributed by atoms with Gasteiger partial charge in [-0.2, -0.15) is 0 Å². The molecule has 0 heterocycles. The van der Waals surface area contributed by atoms with Gasteiger partial charge < -0.3 is 5.32 Å². The second kappa shape index (κ2) is 6.87. The van der Waals surface area contributed by atoms with Crippen LogP contribution >= 0.6 is 0 Å². The molecule has 0 atom stereocenters. The number of benzene rings is 1. The van der Waals surface area contributed by atoms with Crippen molar-refractivity contribution in [2.24, 2.45) is 5.92 Å². The van der Waals surface area contributed by atoms with E-state index in [0.29, 0.717) is 11.1 Å². The largest absolute Gasteiger partial charge is 0.349 e. The summed E-state index contributed by atoms with van der Waals surface area (Å²) in [5.41, 5.74) is 1.28. The van der Waals surface area contributed by atoms with Crippen molar-refractivity contribution in [1.82, 2.24) is 5.32 Å². The first-order valence-corrected chi connectivity index (χ1v) is 7.67. The molecule has 0 saturated heterocycles. The fraction of sp³-hybridized carbons (Fsp3) is 0.588. The Bertz CT molecular complexity index is 464. The molecule has 2 nitrogen and oxygen atoms in total. The fourth-order valence-corrected chi connectivity index (χ4v) is 3.15. The molecule has 1 aliphatic rings. The maximum absolute atomic E-state index is 13.1. The number of halogens is 1. The molecule has 20 heavy (non-hydrogen) atoms. The smallest absolute Gasteiger partial charge is 0.251 e. The van der Waals surface area contributed by atoms with E-state index in [4.69, 9.17) is 0 Å². The number of carbonyl (C=O) groups is 1. The fourth-order valence-electron chi connectivity index (χ4n) is 3.15. The van der Waals surface area contributed by atoms with Gasteiger partial charge >= 0.3 is 0 Å². The molecule has 0 aliphatic heterocycles. The highest BCUT2D eigenvalue weighted by Crippen LogP contribution is 2.28. The first-order valence-electron chi connectivity index (χ1n) is 7.67. The molecule has 0 aromatic heterocycles. The Balaban J connectivity index is 1.89. The summed E-state index contributed by atoms with van der Waals surface area (Å²) in [6.07, 6.45) is 7.10. The van der Waals surface area contributed by atoms with E-state index in [1.54, 1.807) is 13.0 Å². The third-order valence-electron chi connectivity index (χ3n) is 4.31. The molecular weight excluding hydrogens is 253 g/mol. The predicted molar refractivity (Wildman–Crippen MR) is 79.3 cm³/mol. The third-order valence-corrected chi connectivity index (χ3v) is 4.31. The van der Waals surface area contributed by atoms with E-state index in [1.165, 1.54) is 37.8 Å². The molecule has 1 fully saturated rings. The molecule has 0 unspecified atom stereocenters. The van der Waals surface area contributed by atoms with Gasteiger partial charge in [0.05, 0.1) is 0 Å². The number of hydrogen-bond acceptors (Lipinski definition) is 1. The number of aryl methyl sites for hydroxylation is 1. The summed E-state index contributed by atoms with van der Waals surface area (Å²) in [7, 11) is 0. The van der Waals surface area contributed by atoms with Crippen molar-refractivity contribution in [2.75, 3.05) is 0 Å². The second-order valence-electron chi connectivity index (χ2n) is 5.94. The van der Waals surface area contributed by atoms with E-state index in [0.717, 1.165) is 18.8 Å². The summed E-state index contributed by atoms with van der Waals surface area (Å²) < 4.78 is 13.1. The second-order valence-corrected chi connectivity index (χ2v) is 5.94. The number of amides is 1. The highest BCUT2D eigenvalue weighted by molar-refractivity contribution is 5.95. The van der Waals surface area contributed by atoms with Crippen LogP contribution in [0.3, 0.4) is 0 Å². The minimum absolute atomic E-state index is 0.0681. The molecule has 1 amide bonds. The van der Waals surface area contributed by atoms with Gasteiger partial charge in [-0.15, -0.1) is 0 Å². The van der Waals surface area contributed by atoms with Crippen LogP contribution in [0.2, 0.25) is 0 Å². The molecule has 0 spiro atoms. The Kier molecular flexibility index (Phi) is 5.16. The van der Waals surface area contributed by atoms with E-state index in [1.807, 2.05) is 0 Å². The molecule has 1 aromatic rings. The van der Waals surface area contributed by atoms with Crippen LogP contribution in [0.25, 0.3) is 0 Å². The van der Waals surface area contributed by atoms with Crippen molar-refractivity contribution in [1.29, 1.82) is 0 Å². The van der Waals surface area contributed by atoms with Crippen molar-refractivity contribution < 1.29 is 9.18 Å². The molecule has 1 aromatic carbocycles. The monoisotopic (exact) mass is 277 g/mol. The highest BCUT2D eigenvalue weighted by atomic mass is 19.1. The molecule has 1 aliphatic carbocycles. The zero-order chi connectivity index (χ0) is 14.5. The van der Waals surface area contributed by atoms with Gasteiger partial charge in [-0.05, 0) is 62.3 Å². The Labute approximate surface area is 120 Å². The number of hydrogen-bond donors (Lipinski definition) is 1. The zero-order valence-corrected chi connectivity index (χ0v) is 12.4. The molecule has 2 rings (SSSR count). The zero-order valence-electron chi connectivity index (χ0n) is 12.4. The molecule has 1 saturated carbocycles. The Morgan fingerprint density at radius 3 is 2.60 bits per heavy atom. The molecule has 110 valence electrons. The van der Waals surface area contributed by atoms with Crippen molar-refractivity contribution in [3.05, 3.63) is 35.1 Å². The van der Waals surface area contributed by atoms with Gasteiger partial charge in [0.1, 0.15) is 5.82 Å². The first-order chi connectivity index (χ1) is 9.60. The normalized spacial score (nSPS) is 22.6. The lowest BCUT2D eigenvalue weighted by molar-refractivity contribution is 0.0920. The van der Waals surface area contributed by atoms with Gasteiger partial charge in [0, 0.05) is 11.6 Å². The minimum Gasteiger partial charge on any atom is -0.349 e. The lowest BCUT2D eigenvalue weighted by Crippen LogP contribution is -2.37. The van der Waals surface area contributed by atoms with Crippen LogP contribution < -0.4 is 5.32 Å². The van der Waals surface area contributed by atoms with Crippen LogP contribution in [-0.2, 0) is 0 Å². The van der Waals surface area contributed by atoms with Crippen LogP contribution in [0.5, 0.6) is 0 Å². The minimum atomic E-state index is -0.292. The topological polar surface area (TPSA) is 29.1 Å². The maximum atomic E-state index is 13.1. The summed E-state index contributed by atoms with van der Waals surface area (Å²) >= 11 is 0. The molecular formula is C17H24FNO. The van der Waals surface area contributed by atoms with Gasteiger partial charge in [-0.25, -0.2) is 4.39 Å². The van der Waals surface area contributed by atoms with Crippen LogP contribution in [0.4, 0.5) is 4.39 Å². The SMILES string of the molecule is CCCC1CCC(NC(=O)c2ccc(F)cc2C)CC1. The van der Waals surface area contributed by atoms with Gasteiger partial charge in [0.25, 0.3) is 5.91 Å². The van der Waals surface area contributed by atoms with E-state index >= 15 is 0 Å². The van der Waals surface area contributed by atoms with E-state index in [9.17, 15) is 9.18 Å². The van der Waals surface area contributed by atoms with Crippen molar-refractivity contribution >= 4 is 5.91 Å². The number of rotatable bonds is 4. The Hall–Kier alpha value is -1.38. The lowest BCUT2D eigenvalue weighted by atomic mass is 9.83. The van der Waals surface area contributed by atoms with Crippen LogP contribution in [0.1, 0.15) is 61.4 Å². The third kappa shape index (κ3) is 3.81. The van der Waals surface area contributed by atoms with Crippen LogP contribution in [0, 0.1) is 18.7 Å². The molecule has 0 radical (unpaired) electrons. The van der Waals surface area contributed by atoms with Crippen LogP contribution in [0.15, 0.2) is 18.2 Å². The van der Waals surface area contributed by atoms with Crippen LogP contribution in [-0.4, -0.2) is 11.9 Å². The summed E-state index contributed by atoms with van der Waals surface area (Å²) in [6, 6.07) is 4.61. The maximum Gasteiger partial charge on any atom is 0.251 e. The van der Waals surface area contributed by atoms with Crippen molar-refractivity contribution in [2.45, 2.75) is 58.4 Å².